The highest BCUT2D eigenvalue weighted by atomic mass is 16.8. The molecule has 6 rings (SSSR count). The van der Waals surface area contributed by atoms with Crippen molar-refractivity contribution in [1.82, 2.24) is 5.32 Å². The minimum absolute atomic E-state index is 0.828. The van der Waals surface area contributed by atoms with Crippen LogP contribution in [0.4, 0.5) is 0 Å². The number of nitrogens with one attached hydrogen (secondary N) is 1. The fourth-order valence-corrected chi connectivity index (χ4v) is 8.81. The summed E-state index contributed by atoms with van der Waals surface area (Å²) in [7, 11) is 0. The first-order valence-electron chi connectivity index (χ1n) is 22.1. The largest absolute Gasteiger partial charge is 0.394 e. The topological polar surface area (TPSA) is 515 Å². The lowest BCUT2D eigenvalue weighted by molar-refractivity contribution is -0.385. The van der Waals surface area contributed by atoms with Crippen molar-refractivity contribution in [3.05, 3.63) is 0 Å². The lowest BCUT2D eigenvalue weighted by atomic mass is 9.94. The third kappa shape index (κ3) is 12.0. The zero-order chi connectivity index (χ0) is 51.6. The molecular formula is C38H65NO31. The molecule has 6 saturated heterocycles. The molecule has 0 aromatic rings. The number of rotatable bonds is 17. The maximum absolute atomic E-state index is 12.5. The number of ether oxygens (including phenoxy) is 11. The van der Waals surface area contributed by atoms with Crippen LogP contribution in [0, 0.1) is 0 Å². The molecule has 0 aromatic heterocycles. The summed E-state index contributed by atoms with van der Waals surface area (Å²) in [5, 5.41) is 203. The highest BCUT2D eigenvalue weighted by Gasteiger charge is 2.57. The van der Waals surface area contributed by atoms with Crippen LogP contribution in [0.15, 0.2) is 0 Å². The van der Waals surface area contributed by atoms with Crippen LogP contribution in [0.5, 0.6) is 0 Å². The van der Waals surface area contributed by atoms with E-state index in [-0.39, 0.29) is 0 Å². The van der Waals surface area contributed by atoms with Crippen LogP contribution in [0.2, 0.25) is 0 Å². The monoisotopic (exact) mass is 1030 g/mol. The fourth-order valence-electron chi connectivity index (χ4n) is 8.81. The van der Waals surface area contributed by atoms with Gasteiger partial charge in [0.2, 0.25) is 5.91 Å². The third-order valence-corrected chi connectivity index (χ3v) is 12.8. The lowest BCUT2D eigenvalue weighted by Crippen LogP contribution is -2.69. The molecule has 408 valence electrons. The highest BCUT2D eigenvalue weighted by molar-refractivity contribution is 5.73. The summed E-state index contributed by atoms with van der Waals surface area (Å²) < 4.78 is 61.8. The SMILES string of the molecule is CC(=O)N[C@H]1[C@H](OC[C@H]2O[C@@H](O[C@H]3[C@H](O)[C@@H](O)C(O)O[C@@H]3CO)[C@H](O)[C@@H](O[C@@H]3O[C@H](CO)[C@H](O)[C@H](O)[C@H]3O)[C@H]2O)O[C@H](CO)[C@@H](O[C@@H]2O[C@H](CO)[C@H](O)[C@H](O[C@@H]3O[C@H](CO)[C@H](O)[C@H](O)[C@H]3O)[C@H]2O)[C@@H]1O. The molecule has 0 bridgehead atoms. The van der Waals surface area contributed by atoms with Gasteiger partial charge in [0.25, 0.3) is 0 Å². The predicted octanol–water partition coefficient (Wildman–Crippen LogP) is -14.0. The first-order valence-corrected chi connectivity index (χ1v) is 22.1. The van der Waals surface area contributed by atoms with Gasteiger partial charge in [-0.3, -0.25) is 4.79 Å². The molecule has 1 amide bonds. The lowest BCUT2D eigenvalue weighted by Gasteiger charge is -2.49. The predicted molar refractivity (Wildman–Crippen MR) is 211 cm³/mol. The molecule has 6 heterocycles. The van der Waals surface area contributed by atoms with Crippen LogP contribution >= 0.6 is 0 Å². The van der Waals surface area contributed by atoms with Gasteiger partial charge in [0, 0.05) is 6.92 Å². The smallest absolute Gasteiger partial charge is 0.217 e. The van der Waals surface area contributed by atoms with E-state index in [9.17, 15) is 102 Å². The fraction of sp³-hybridized carbons (Fsp3) is 0.974. The van der Waals surface area contributed by atoms with Crippen LogP contribution in [0.1, 0.15) is 6.92 Å². The Labute approximate surface area is 395 Å². The van der Waals surface area contributed by atoms with Crippen molar-refractivity contribution in [2.24, 2.45) is 0 Å². The van der Waals surface area contributed by atoms with Crippen LogP contribution < -0.4 is 5.32 Å². The van der Waals surface area contributed by atoms with Gasteiger partial charge in [-0.15, -0.1) is 0 Å². The van der Waals surface area contributed by atoms with Crippen LogP contribution in [-0.4, -0.2) is 327 Å². The summed E-state index contributed by atoms with van der Waals surface area (Å²) >= 11 is 0. The molecule has 6 aliphatic heterocycles. The molecule has 32 heteroatoms. The van der Waals surface area contributed by atoms with Crippen molar-refractivity contribution in [2.45, 2.75) is 191 Å². The van der Waals surface area contributed by atoms with Gasteiger partial charge in [-0.05, 0) is 0 Å². The maximum atomic E-state index is 12.5. The molecule has 1 unspecified atom stereocenters. The Hall–Kier alpha value is -1.73. The second kappa shape index (κ2) is 24.7. The first kappa shape index (κ1) is 57.5. The van der Waals surface area contributed by atoms with Crippen LogP contribution in [0.25, 0.3) is 0 Å². The van der Waals surface area contributed by atoms with E-state index in [1.165, 1.54) is 0 Å². The van der Waals surface area contributed by atoms with E-state index in [1.807, 2.05) is 0 Å². The van der Waals surface area contributed by atoms with Gasteiger partial charge in [-0.25, -0.2) is 0 Å². The van der Waals surface area contributed by atoms with E-state index in [0.717, 1.165) is 6.92 Å². The molecule has 6 fully saturated rings. The number of amides is 1. The molecule has 30 atom stereocenters. The molecule has 0 spiro atoms. The molecule has 20 N–H and O–H groups in total. The van der Waals surface area contributed by atoms with E-state index in [0.29, 0.717) is 0 Å². The molecule has 70 heavy (non-hydrogen) atoms. The quantitative estimate of drug-likeness (QED) is 0.0643. The Kier molecular flexibility index (Phi) is 20.3. The molecular weight excluding hydrogens is 966 g/mol. The van der Waals surface area contributed by atoms with Crippen molar-refractivity contribution in [1.29, 1.82) is 0 Å². The number of hydrogen-bond acceptors (Lipinski definition) is 31. The Morgan fingerprint density at radius 3 is 1.17 bits per heavy atom. The average molecular weight is 1030 g/mol. The second-order valence-corrected chi connectivity index (χ2v) is 17.5. The zero-order valence-corrected chi connectivity index (χ0v) is 37.0. The van der Waals surface area contributed by atoms with Gasteiger partial charge < -0.3 is 154 Å². The van der Waals surface area contributed by atoms with E-state index in [4.69, 9.17) is 52.1 Å². The van der Waals surface area contributed by atoms with E-state index < -0.39 is 230 Å². The van der Waals surface area contributed by atoms with Gasteiger partial charge in [-0.1, -0.05) is 0 Å². The minimum Gasteiger partial charge on any atom is -0.394 e. The van der Waals surface area contributed by atoms with Crippen molar-refractivity contribution in [2.75, 3.05) is 39.6 Å². The molecule has 32 nitrogen and oxygen atoms in total. The standard InChI is InChI=1S/C38H65NO31/c1-8(45)39-15-20(50)29(67-37-27(57)31(18(48)11(4-42)64-37)69-35-25(55)21(51)16(46)9(2-40)62-35)13(6-44)65-34(15)60-7-14-19(49)32(70-36-26(56)22(52)17(47)10(3-41)63-36)28(58)38(66-14)68-30-12(5-43)61-33(59)24(54)23(30)53/h9-38,40-44,46-59H,2-7H2,1H3,(H,39,45)/t9-,10-,11-,12-,13-,14-,15-,16+,17+,18+,19+,20-,21+,22+,23-,24-,25-,26-,27-,28-,29-,30-,31+,32+,33?,34-,35+,36+,37+,38+/m1/s1. The minimum atomic E-state index is -2.18. The summed E-state index contributed by atoms with van der Waals surface area (Å²) in [6, 6.07) is -1.71. The molecule has 0 saturated carbocycles. The maximum Gasteiger partial charge on any atom is 0.217 e. The zero-order valence-electron chi connectivity index (χ0n) is 37.0. The Morgan fingerprint density at radius 2 is 0.729 bits per heavy atom. The molecule has 0 aromatic carbocycles. The van der Waals surface area contributed by atoms with E-state index >= 15 is 0 Å². The summed E-state index contributed by atoms with van der Waals surface area (Å²) in [5.41, 5.74) is 0. The molecule has 0 radical (unpaired) electrons. The summed E-state index contributed by atoms with van der Waals surface area (Å²) in [4.78, 5) is 12.5. The highest BCUT2D eigenvalue weighted by Crippen LogP contribution is 2.36. The molecule has 6 aliphatic rings. The summed E-state index contributed by atoms with van der Waals surface area (Å²) in [6.45, 7) is -4.60. The number of hydrogen-bond donors (Lipinski definition) is 20. The summed E-state index contributed by atoms with van der Waals surface area (Å²) in [6.07, 6.45) is -55.2. The number of aliphatic hydroxyl groups is 19. The summed E-state index contributed by atoms with van der Waals surface area (Å²) in [5.74, 6) is -0.828. The number of aliphatic hydroxyl groups excluding tert-OH is 19. The van der Waals surface area contributed by atoms with Gasteiger partial charge in [0.1, 0.15) is 146 Å². The van der Waals surface area contributed by atoms with Gasteiger partial charge in [0.15, 0.2) is 37.7 Å². The third-order valence-electron chi connectivity index (χ3n) is 12.8. The normalized spacial score (nSPS) is 51.5. The number of carbonyl (C=O) groups is 1. The Bertz CT molecular complexity index is 1620. The number of carbonyl (C=O) groups excluding carboxylic acids is 1. The average Bonchev–Trinajstić information content (AvgIpc) is 3.33. The molecule has 0 aliphatic carbocycles. The van der Waals surface area contributed by atoms with Crippen molar-refractivity contribution < 1.29 is 154 Å². The van der Waals surface area contributed by atoms with Crippen LogP contribution in [0.3, 0.4) is 0 Å². The Balaban J connectivity index is 1.22. The van der Waals surface area contributed by atoms with Gasteiger partial charge in [-0.2, -0.15) is 0 Å². The first-order chi connectivity index (χ1) is 33.1. The second-order valence-electron chi connectivity index (χ2n) is 17.5. The van der Waals surface area contributed by atoms with Crippen molar-refractivity contribution in [3.63, 3.8) is 0 Å². The van der Waals surface area contributed by atoms with Crippen molar-refractivity contribution in [3.8, 4) is 0 Å². The van der Waals surface area contributed by atoms with Crippen molar-refractivity contribution >= 4 is 5.91 Å². The van der Waals surface area contributed by atoms with E-state index in [1.54, 1.807) is 0 Å². The van der Waals surface area contributed by atoms with Gasteiger partial charge >= 0.3 is 0 Å². The van der Waals surface area contributed by atoms with E-state index in [2.05, 4.69) is 5.32 Å². The van der Waals surface area contributed by atoms with Gasteiger partial charge in [0.05, 0.1) is 39.6 Å². The Morgan fingerprint density at radius 1 is 0.371 bits per heavy atom. The van der Waals surface area contributed by atoms with Crippen LogP contribution in [-0.2, 0) is 56.9 Å².